The predicted molar refractivity (Wildman–Crippen MR) is 201 cm³/mol. The van der Waals surface area contributed by atoms with Gasteiger partial charge in [-0.3, -0.25) is 4.79 Å². The Morgan fingerprint density at radius 2 is 1.49 bits per heavy atom. The number of ether oxygens (including phenoxy) is 1. The molecular formula is C37H55N3O6S3. The summed E-state index contributed by atoms with van der Waals surface area (Å²) in [6.07, 6.45) is 15.2. The minimum absolute atomic E-state index is 0.0191. The second-order valence-electron chi connectivity index (χ2n) is 13.6. The number of benzene rings is 2. The number of nitrogens with two attached hydrogens (primary N) is 1. The maximum absolute atomic E-state index is 14.4. The molecule has 1 atom stereocenters. The number of primary sulfonamides is 1. The lowest BCUT2D eigenvalue weighted by molar-refractivity contribution is -0.124. The Hall–Kier alpha value is -2.38. The van der Waals surface area contributed by atoms with Crippen LogP contribution in [0.5, 0.6) is 0 Å². The van der Waals surface area contributed by atoms with Crippen molar-refractivity contribution in [3.05, 3.63) is 53.0 Å². The Labute approximate surface area is 297 Å². The quantitative estimate of drug-likeness (QED) is 0.0901. The molecule has 1 aromatic heterocycles. The first-order chi connectivity index (χ1) is 23.5. The first-order valence-corrected chi connectivity index (χ1v) is 22.2. The summed E-state index contributed by atoms with van der Waals surface area (Å²) < 4.78 is 56.4. The van der Waals surface area contributed by atoms with E-state index in [0.717, 1.165) is 59.9 Å². The third kappa shape index (κ3) is 11.6. The maximum Gasteiger partial charge on any atom is 0.248 e. The Balaban J connectivity index is 1.57. The molecule has 49 heavy (non-hydrogen) atoms. The van der Waals surface area contributed by atoms with Crippen LogP contribution < -0.4 is 10.5 Å². The molecule has 12 heteroatoms. The minimum Gasteiger partial charge on any atom is -0.380 e. The van der Waals surface area contributed by atoms with Gasteiger partial charge in [0, 0.05) is 13.7 Å². The number of carbonyl (C=O) groups excluding carboxylic acids is 1. The van der Waals surface area contributed by atoms with Crippen LogP contribution in [0.4, 0.5) is 0 Å². The van der Waals surface area contributed by atoms with E-state index in [0.29, 0.717) is 18.5 Å². The summed E-state index contributed by atoms with van der Waals surface area (Å²) >= 11 is 1.24. The molecule has 1 aliphatic carbocycles. The number of unbranched alkanes of at least 4 members (excludes halogenated alkanes) is 11. The third-order valence-corrected chi connectivity index (χ3v) is 14.1. The van der Waals surface area contributed by atoms with Crippen molar-refractivity contribution in [1.82, 2.24) is 10.3 Å². The number of thiazole rings is 1. The number of amides is 1. The van der Waals surface area contributed by atoms with Crippen LogP contribution in [0.2, 0.25) is 0 Å². The summed E-state index contributed by atoms with van der Waals surface area (Å²) in [5.41, 5.74) is 3.64. The molecule has 0 spiro atoms. The molecule has 272 valence electrons. The Kier molecular flexibility index (Phi) is 15.1. The molecule has 3 aromatic rings. The molecule has 0 saturated heterocycles. The van der Waals surface area contributed by atoms with Gasteiger partial charge in [-0.25, -0.2) is 27.0 Å². The van der Waals surface area contributed by atoms with Crippen molar-refractivity contribution in [3.63, 3.8) is 0 Å². The highest BCUT2D eigenvalue weighted by molar-refractivity contribution is 7.93. The standard InChI is InChI=1S/C37H55N3O6S3/c1-3-4-5-6-7-8-9-10-11-12-13-14-23-37(48(42,43)28-30-15-16-30,35(41)39-24-25-49(38,44)45)36-40-33-22-21-32(26-34(33)47-36)31-19-17-29(18-20-31)27-46-2/h17-22,26,30H,3-16,23-25,27-28H2,1-2H3,(H,39,41)(H2,38,44,45). The van der Waals surface area contributed by atoms with Gasteiger partial charge >= 0.3 is 0 Å². The van der Waals surface area contributed by atoms with Crippen molar-refractivity contribution in [2.24, 2.45) is 11.1 Å². The van der Waals surface area contributed by atoms with E-state index in [1.807, 2.05) is 42.5 Å². The predicted octanol–water partition coefficient (Wildman–Crippen LogP) is 7.63. The van der Waals surface area contributed by atoms with Crippen molar-refractivity contribution in [2.75, 3.05) is 25.2 Å². The average molecular weight is 734 g/mol. The molecule has 1 fully saturated rings. The molecular weight excluding hydrogens is 679 g/mol. The largest absolute Gasteiger partial charge is 0.380 e. The fraction of sp³-hybridized carbons (Fsp3) is 0.622. The fourth-order valence-electron chi connectivity index (χ4n) is 6.39. The number of carbonyl (C=O) groups is 1. The van der Waals surface area contributed by atoms with Crippen molar-refractivity contribution in [1.29, 1.82) is 0 Å². The van der Waals surface area contributed by atoms with E-state index >= 15 is 0 Å². The fourth-order valence-corrected chi connectivity index (χ4v) is 10.8. The molecule has 0 radical (unpaired) electrons. The number of hydrogen-bond acceptors (Lipinski definition) is 8. The molecule has 4 rings (SSSR count). The van der Waals surface area contributed by atoms with Gasteiger partial charge in [-0.05, 0) is 54.0 Å². The highest BCUT2D eigenvalue weighted by Gasteiger charge is 2.55. The van der Waals surface area contributed by atoms with Gasteiger partial charge in [0.1, 0.15) is 5.01 Å². The minimum atomic E-state index is -4.03. The van der Waals surface area contributed by atoms with Gasteiger partial charge in [0.05, 0.1) is 28.3 Å². The van der Waals surface area contributed by atoms with Crippen molar-refractivity contribution in [2.45, 2.75) is 115 Å². The maximum atomic E-state index is 14.4. The highest BCUT2D eigenvalue weighted by atomic mass is 32.2. The number of nitrogens with zero attached hydrogens (tertiary/aromatic N) is 1. The van der Waals surface area contributed by atoms with E-state index in [2.05, 4.69) is 12.2 Å². The summed E-state index contributed by atoms with van der Waals surface area (Å²) in [4.78, 5) is 19.0. The SMILES string of the molecule is CCCCCCCCCCCCCCC(C(=O)NCCS(N)(=O)=O)(c1nc2ccc(-c3ccc(COC)cc3)cc2s1)S(=O)(=O)CC1CC1. The molecule has 0 bridgehead atoms. The van der Waals surface area contributed by atoms with E-state index < -0.39 is 36.3 Å². The summed E-state index contributed by atoms with van der Waals surface area (Å²) in [6.45, 7) is 2.48. The second-order valence-corrected chi connectivity index (χ2v) is 18.7. The highest BCUT2D eigenvalue weighted by Crippen LogP contribution is 2.44. The van der Waals surface area contributed by atoms with Crippen LogP contribution in [-0.4, -0.2) is 52.9 Å². The third-order valence-electron chi connectivity index (χ3n) is 9.44. The number of nitrogens with one attached hydrogen (secondary N) is 1. The van der Waals surface area contributed by atoms with Crippen LogP contribution in [0, 0.1) is 5.92 Å². The monoisotopic (exact) mass is 733 g/mol. The van der Waals surface area contributed by atoms with Crippen molar-refractivity contribution in [3.8, 4) is 11.1 Å². The summed E-state index contributed by atoms with van der Waals surface area (Å²) in [7, 11) is -6.23. The van der Waals surface area contributed by atoms with Crippen molar-refractivity contribution < 1.29 is 26.4 Å². The van der Waals surface area contributed by atoms with Crippen LogP contribution in [-0.2, 0) is 40.7 Å². The topological polar surface area (TPSA) is 146 Å². The van der Waals surface area contributed by atoms with Gasteiger partial charge in [0.15, 0.2) is 9.84 Å². The van der Waals surface area contributed by atoms with E-state index in [4.69, 9.17) is 14.9 Å². The van der Waals surface area contributed by atoms with Crippen LogP contribution in [0.15, 0.2) is 42.5 Å². The lowest BCUT2D eigenvalue weighted by Crippen LogP contribution is -2.52. The molecule has 1 amide bonds. The van der Waals surface area contributed by atoms with Gasteiger partial charge in [-0.1, -0.05) is 114 Å². The molecule has 9 nitrogen and oxygen atoms in total. The smallest absolute Gasteiger partial charge is 0.248 e. The zero-order chi connectivity index (χ0) is 35.3. The number of sulfonamides is 1. The van der Waals surface area contributed by atoms with Gasteiger partial charge in [-0.2, -0.15) is 0 Å². The van der Waals surface area contributed by atoms with Crippen molar-refractivity contribution >= 4 is 47.3 Å². The number of sulfone groups is 1. The number of fused-ring (bicyclic) bond motifs is 1. The van der Waals surface area contributed by atoms with Gasteiger partial charge < -0.3 is 10.1 Å². The number of rotatable bonds is 24. The van der Waals surface area contributed by atoms with Crippen LogP contribution in [0.25, 0.3) is 21.3 Å². The van der Waals surface area contributed by atoms with Gasteiger partial charge in [-0.15, -0.1) is 11.3 Å². The van der Waals surface area contributed by atoms with E-state index in [1.165, 1.54) is 56.3 Å². The molecule has 0 aliphatic heterocycles. The first-order valence-electron chi connectivity index (χ1n) is 18.0. The van der Waals surface area contributed by atoms with Gasteiger partial charge in [0.25, 0.3) is 0 Å². The zero-order valence-corrected chi connectivity index (χ0v) is 31.7. The lowest BCUT2D eigenvalue weighted by Gasteiger charge is -2.30. The lowest BCUT2D eigenvalue weighted by atomic mass is 9.98. The Bertz CT molecular complexity index is 1700. The Morgan fingerprint density at radius 3 is 2.06 bits per heavy atom. The second kappa shape index (κ2) is 18.7. The molecule has 1 heterocycles. The van der Waals surface area contributed by atoms with E-state index in [1.54, 1.807) is 7.11 Å². The number of methoxy groups -OCH3 is 1. The van der Waals surface area contributed by atoms with E-state index in [-0.39, 0.29) is 29.6 Å². The first kappa shape index (κ1) is 39.4. The van der Waals surface area contributed by atoms with Crippen LogP contribution in [0.1, 0.15) is 114 Å². The normalized spacial score (nSPS) is 15.0. The zero-order valence-electron chi connectivity index (χ0n) is 29.3. The van der Waals surface area contributed by atoms with E-state index in [9.17, 15) is 21.6 Å². The van der Waals surface area contributed by atoms with Crippen LogP contribution >= 0.6 is 11.3 Å². The summed E-state index contributed by atoms with van der Waals surface area (Å²) in [5, 5.41) is 8.10. The average Bonchev–Trinajstić information content (AvgIpc) is 3.76. The summed E-state index contributed by atoms with van der Waals surface area (Å²) in [5.74, 6) is -1.27. The number of aromatic nitrogens is 1. The molecule has 1 aliphatic rings. The molecule has 2 aromatic carbocycles. The molecule has 3 N–H and O–H groups in total. The van der Waals surface area contributed by atoms with Gasteiger partial charge in [0.2, 0.25) is 20.7 Å². The number of hydrogen-bond donors (Lipinski definition) is 2. The summed E-state index contributed by atoms with van der Waals surface area (Å²) in [6, 6.07) is 13.9. The van der Waals surface area contributed by atoms with Crippen LogP contribution in [0.3, 0.4) is 0 Å². The molecule has 1 unspecified atom stereocenters. The molecule has 1 saturated carbocycles. The Morgan fingerprint density at radius 1 is 0.898 bits per heavy atom.